The van der Waals surface area contributed by atoms with Crippen LogP contribution in [0.1, 0.15) is 12.5 Å². The predicted octanol–water partition coefficient (Wildman–Crippen LogP) is 2.89. The average Bonchev–Trinajstić information content (AvgIpc) is 2.70. The van der Waals surface area contributed by atoms with Crippen molar-refractivity contribution in [1.82, 2.24) is 9.88 Å². The molecule has 1 fully saturated rings. The van der Waals surface area contributed by atoms with E-state index in [0.29, 0.717) is 42.6 Å². The van der Waals surface area contributed by atoms with Crippen molar-refractivity contribution in [2.45, 2.75) is 13.0 Å². The van der Waals surface area contributed by atoms with E-state index in [1.165, 1.54) is 18.2 Å². The van der Waals surface area contributed by atoms with Gasteiger partial charge in [-0.25, -0.2) is 9.37 Å². The first kappa shape index (κ1) is 19.1. The highest BCUT2D eigenvalue weighted by Gasteiger charge is 2.27. The predicted molar refractivity (Wildman–Crippen MR) is 102 cm³/mol. The molecule has 1 aromatic carbocycles. The van der Waals surface area contributed by atoms with Crippen LogP contribution in [-0.4, -0.2) is 48.0 Å². The number of halogens is 2. The first-order valence-corrected chi connectivity index (χ1v) is 8.97. The van der Waals surface area contributed by atoms with Crippen molar-refractivity contribution < 1.29 is 9.18 Å². The van der Waals surface area contributed by atoms with Crippen LogP contribution in [0.4, 0.5) is 15.9 Å². The summed E-state index contributed by atoms with van der Waals surface area (Å²) in [6.45, 7) is 4.35. The minimum atomic E-state index is -0.524. The van der Waals surface area contributed by atoms with Crippen LogP contribution in [0.25, 0.3) is 0 Å². The number of nitrogens with one attached hydrogen (secondary N) is 1. The highest BCUT2D eigenvalue weighted by molar-refractivity contribution is 6.30. The first-order valence-electron chi connectivity index (χ1n) is 8.59. The second kappa shape index (κ2) is 8.33. The lowest BCUT2D eigenvalue weighted by molar-refractivity contribution is -0.120. The van der Waals surface area contributed by atoms with E-state index in [0.717, 1.165) is 0 Å². The Kier molecular flexibility index (Phi) is 5.89. The van der Waals surface area contributed by atoms with Gasteiger partial charge >= 0.3 is 0 Å². The Morgan fingerprint density at radius 2 is 2.07 bits per heavy atom. The Bertz CT molecular complexity index is 877. The smallest absolute Gasteiger partial charge is 0.241 e. The van der Waals surface area contributed by atoms with Crippen molar-refractivity contribution in [2.75, 3.05) is 36.4 Å². The molecular weight excluding hydrogens is 369 g/mol. The van der Waals surface area contributed by atoms with Crippen LogP contribution in [0.5, 0.6) is 0 Å². The number of aromatic nitrogens is 1. The molecule has 1 unspecified atom stereocenters. The lowest BCUT2D eigenvalue weighted by Crippen LogP contribution is -2.53. The molecule has 1 atom stereocenters. The first-order chi connectivity index (χ1) is 13.0. The Morgan fingerprint density at radius 3 is 2.78 bits per heavy atom. The molecule has 1 N–H and O–H groups in total. The van der Waals surface area contributed by atoms with Crippen molar-refractivity contribution in [3.8, 4) is 6.07 Å². The minimum absolute atomic E-state index is 0.0742. The molecule has 140 valence electrons. The maximum atomic E-state index is 13.8. The van der Waals surface area contributed by atoms with Gasteiger partial charge in [0.2, 0.25) is 5.91 Å². The summed E-state index contributed by atoms with van der Waals surface area (Å²) < 4.78 is 13.8. The fraction of sp³-hybridized carbons (Fsp3) is 0.316. The number of benzene rings is 1. The molecule has 3 rings (SSSR count). The summed E-state index contributed by atoms with van der Waals surface area (Å²) in [5.74, 6) is -0.151. The topological polar surface area (TPSA) is 72.3 Å². The molecule has 0 bridgehead atoms. The number of pyridine rings is 1. The molecule has 0 spiro atoms. The number of hydrogen-bond donors (Lipinski definition) is 1. The third kappa shape index (κ3) is 4.35. The Morgan fingerprint density at radius 1 is 1.33 bits per heavy atom. The monoisotopic (exact) mass is 387 g/mol. The second-order valence-corrected chi connectivity index (χ2v) is 6.74. The molecule has 2 heterocycles. The number of hydrogen-bond acceptors (Lipinski definition) is 5. The maximum absolute atomic E-state index is 13.8. The summed E-state index contributed by atoms with van der Waals surface area (Å²) in [6, 6.07) is 9.25. The zero-order valence-electron chi connectivity index (χ0n) is 14.8. The third-order valence-electron chi connectivity index (χ3n) is 4.63. The quantitative estimate of drug-likeness (QED) is 0.873. The molecule has 6 nitrogen and oxygen atoms in total. The van der Waals surface area contributed by atoms with E-state index in [1.54, 1.807) is 25.3 Å². The van der Waals surface area contributed by atoms with Crippen molar-refractivity contribution in [1.29, 1.82) is 5.26 Å². The summed E-state index contributed by atoms with van der Waals surface area (Å²) in [4.78, 5) is 20.9. The van der Waals surface area contributed by atoms with Gasteiger partial charge in [0.25, 0.3) is 0 Å². The number of rotatable bonds is 4. The Labute approximate surface area is 162 Å². The van der Waals surface area contributed by atoms with Crippen LogP contribution in [0, 0.1) is 17.1 Å². The largest absolute Gasteiger partial charge is 0.353 e. The number of carbonyl (C=O) groups is 1. The van der Waals surface area contributed by atoms with Gasteiger partial charge in [-0.3, -0.25) is 9.69 Å². The van der Waals surface area contributed by atoms with Gasteiger partial charge < -0.3 is 10.2 Å². The van der Waals surface area contributed by atoms with Crippen LogP contribution in [-0.2, 0) is 4.79 Å². The fourth-order valence-corrected chi connectivity index (χ4v) is 3.23. The summed E-state index contributed by atoms with van der Waals surface area (Å²) in [7, 11) is 0. The Balaban J connectivity index is 1.61. The lowest BCUT2D eigenvalue weighted by Gasteiger charge is -2.38. The highest BCUT2D eigenvalue weighted by atomic mass is 35.5. The molecule has 0 saturated carbocycles. The van der Waals surface area contributed by atoms with E-state index in [-0.39, 0.29) is 11.6 Å². The fourth-order valence-electron chi connectivity index (χ4n) is 3.05. The van der Waals surface area contributed by atoms with Crippen molar-refractivity contribution in [3.05, 3.63) is 52.9 Å². The van der Waals surface area contributed by atoms with Gasteiger partial charge in [-0.2, -0.15) is 5.26 Å². The van der Waals surface area contributed by atoms with E-state index in [4.69, 9.17) is 11.6 Å². The normalized spacial score (nSPS) is 15.9. The number of nitrogens with zero attached hydrogens (tertiary/aromatic N) is 4. The van der Waals surface area contributed by atoms with E-state index in [9.17, 15) is 14.4 Å². The molecule has 1 aromatic heterocycles. The van der Waals surface area contributed by atoms with E-state index in [1.807, 2.05) is 9.80 Å². The highest BCUT2D eigenvalue weighted by Crippen LogP contribution is 2.21. The van der Waals surface area contributed by atoms with E-state index >= 15 is 0 Å². The molecule has 1 amide bonds. The SMILES string of the molecule is CC(C(=O)Nc1cc(Cl)ccc1F)N1CCN(c2ncccc2C#N)CC1. The van der Waals surface area contributed by atoms with E-state index < -0.39 is 11.9 Å². The van der Waals surface area contributed by atoms with Crippen LogP contribution in [0.2, 0.25) is 5.02 Å². The number of amides is 1. The van der Waals surface area contributed by atoms with Gasteiger partial charge in [-0.15, -0.1) is 0 Å². The van der Waals surface area contributed by atoms with Crippen LogP contribution >= 0.6 is 11.6 Å². The number of piperazine rings is 1. The number of carbonyl (C=O) groups excluding carboxylic acids is 1. The molecule has 0 radical (unpaired) electrons. The molecule has 27 heavy (non-hydrogen) atoms. The number of nitriles is 1. The maximum Gasteiger partial charge on any atom is 0.241 e. The zero-order chi connectivity index (χ0) is 19.4. The van der Waals surface area contributed by atoms with Gasteiger partial charge in [-0.05, 0) is 37.3 Å². The minimum Gasteiger partial charge on any atom is -0.353 e. The zero-order valence-corrected chi connectivity index (χ0v) is 15.6. The third-order valence-corrected chi connectivity index (χ3v) is 4.87. The summed E-state index contributed by atoms with van der Waals surface area (Å²) >= 11 is 5.86. The van der Waals surface area contributed by atoms with Crippen LogP contribution in [0.15, 0.2) is 36.5 Å². The molecule has 8 heteroatoms. The second-order valence-electron chi connectivity index (χ2n) is 6.30. The van der Waals surface area contributed by atoms with Crippen molar-refractivity contribution in [2.24, 2.45) is 0 Å². The van der Waals surface area contributed by atoms with Crippen molar-refractivity contribution in [3.63, 3.8) is 0 Å². The van der Waals surface area contributed by atoms with Crippen LogP contribution < -0.4 is 10.2 Å². The lowest BCUT2D eigenvalue weighted by atomic mass is 10.2. The van der Waals surface area contributed by atoms with Gasteiger partial charge in [0.05, 0.1) is 17.3 Å². The molecule has 1 aliphatic rings. The summed E-state index contributed by atoms with van der Waals surface area (Å²) in [6.07, 6.45) is 1.66. The summed E-state index contributed by atoms with van der Waals surface area (Å²) in [5.41, 5.74) is 0.610. The summed E-state index contributed by atoms with van der Waals surface area (Å²) in [5, 5.41) is 12.2. The van der Waals surface area contributed by atoms with Gasteiger partial charge in [-0.1, -0.05) is 11.6 Å². The molecule has 1 saturated heterocycles. The van der Waals surface area contributed by atoms with Gasteiger partial charge in [0.15, 0.2) is 0 Å². The van der Waals surface area contributed by atoms with Gasteiger partial charge in [0.1, 0.15) is 17.7 Å². The molecule has 1 aliphatic heterocycles. The molecule has 2 aromatic rings. The average molecular weight is 388 g/mol. The standard InChI is InChI=1S/C19H19ClFN5O/c1-13(19(27)24-17-11-15(20)4-5-16(17)21)25-7-9-26(10-8-25)18-14(12-22)3-2-6-23-18/h2-6,11,13H,7-10H2,1H3,(H,24,27). The molecular formula is C19H19ClFN5O. The van der Waals surface area contributed by atoms with E-state index in [2.05, 4.69) is 16.4 Å². The van der Waals surface area contributed by atoms with Crippen molar-refractivity contribution >= 4 is 29.0 Å². The number of anilines is 2. The molecule has 0 aliphatic carbocycles. The van der Waals surface area contributed by atoms with Gasteiger partial charge in [0, 0.05) is 37.4 Å². The van der Waals surface area contributed by atoms with Crippen LogP contribution in [0.3, 0.4) is 0 Å². The Hall–Kier alpha value is -2.69.